The summed E-state index contributed by atoms with van der Waals surface area (Å²) in [6.07, 6.45) is 0. The van der Waals surface area contributed by atoms with E-state index in [9.17, 15) is 4.39 Å². The van der Waals surface area contributed by atoms with Crippen LogP contribution in [-0.4, -0.2) is 0 Å². The molecular weight excluding hydrogens is 313 g/mol. The predicted molar refractivity (Wildman–Crippen MR) is 78.4 cm³/mol. The van der Waals surface area contributed by atoms with Crippen LogP contribution in [0.1, 0.15) is 36.4 Å². The van der Waals surface area contributed by atoms with E-state index in [2.05, 4.69) is 46.5 Å². The molecule has 1 N–H and O–H groups in total. The van der Waals surface area contributed by atoms with Crippen LogP contribution in [0.5, 0.6) is 0 Å². The Morgan fingerprint density at radius 3 is 2.33 bits per heavy atom. The summed E-state index contributed by atoms with van der Waals surface area (Å²) >= 11 is 5.27. The third kappa shape index (κ3) is 3.19. The van der Waals surface area contributed by atoms with Crippen molar-refractivity contribution in [2.75, 3.05) is 0 Å². The summed E-state index contributed by atoms with van der Waals surface area (Å²) in [5.74, 6) is -0.194. The van der Waals surface area contributed by atoms with Gasteiger partial charge in [0, 0.05) is 21.4 Å². The first kappa shape index (κ1) is 13.7. The van der Waals surface area contributed by atoms with Gasteiger partial charge in [-0.15, -0.1) is 11.3 Å². The first-order chi connectivity index (χ1) is 8.58. The van der Waals surface area contributed by atoms with Crippen LogP contribution in [0.2, 0.25) is 0 Å². The minimum absolute atomic E-state index is 0.189. The Kier molecular flexibility index (Phi) is 4.54. The lowest BCUT2D eigenvalue weighted by Gasteiger charge is -2.20. The summed E-state index contributed by atoms with van der Waals surface area (Å²) < 4.78 is 14.0. The molecule has 1 heterocycles. The van der Waals surface area contributed by atoms with Crippen molar-refractivity contribution in [3.05, 3.63) is 56.4 Å². The molecule has 2 unspecified atom stereocenters. The average Bonchev–Trinajstić information content (AvgIpc) is 2.76. The van der Waals surface area contributed by atoms with Crippen molar-refractivity contribution in [2.45, 2.75) is 25.9 Å². The summed E-state index contributed by atoms with van der Waals surface area (Å²) in [7, 11) is 0. The van der Waals surface area contributed by atoms with Crippen LogP contribution < -0.4 is 5.32 Å². The molecule has 0 fully saturated rings. The van der Waals surface area contributed by atoms with Gasteiger partial charge in [0.15, 0.2) is 0 Å². The molecule has 0 radical (unpaired) electrons. The fourth-order valence-electron chi connectivity index (χ4n) is 1.91. The zero-order valence-corrected chi connectivity index (χ0v) is 12.7. The Labute approximate surface area is 119 Å². The zero-order chi connectivity index (χ0) is 13.1. The number of hydrogen-bond acceptors (Lipinski definition) is 2. The Morgan fingerprint density at radius 1 is 1.11 bits per heavy atom. The van der Waals surface area contributed by atoms with Gasteiger partial charge in [-0.1, -0.05) is 12.1 Å². The smallest absolute Gasteiger partial charge is 0.123 e. The van der Waals surface area contributed by atoms with E-state index in [1.54, 1.807) is 11.3 Å². The number of thiophene rings is 1. The van der Waals surface area contributed by atoms with Gasteiger partial charge in [0.2, 0.25) is 0 Å². The van der Waals surface area contributed by atoms with E-state index >= 15 is 0 Å². The number of nitrogens with one attached hydrogen (secondary N) is 1. The van der Waals surface area contributed by atoms with Gasteiger partial charge in [0.1, 0.15) is 5.82 Å². The van der Waals surface area contributed by atoms with E-state index < -0.39 is 0 Å². The quantitative estimate of drug-likeness (QED) is 0.827. The van der Waals surface area contributed by atoms with E-state index in [1.165, 1.54) is 17.0 Å². The largest absolute Gasteiger partial charge is 0.303 e. The van der Waals surface area contributed by atoms with Crippen molar-refractivity contribution in [3.8, 4) is 0 Å². The van der Waals surface area contributed by atoms with Gasteiger partial charge in [0.25, 0.3) is 0 Å². The van der Waals surface area contributed by atoms with E-state index in [1.807, 2.05) is 12.1 Å². The molecule has 0 aliphatic heterocycles. The Hall–Kier alpha value is -0.710. The summed E-state index contributed by atoms with van der Waals surface area (Å²) in [5, 5.41) is 5.59. The Bertz CT molecular complexity index is 509. The van der Waals surface area contributed by atoms with E-state index in [-0.39, 0.29) is 17.9 Å². The number of halogens is 2. The van der Waals surface area contributed by atoms with Crippen LogP contribution >= 0.6 is 27.3 Å². The summed E-state index contributed by atoms with van der Waals surface area (Å²) in [5.41, 5.74) is 1.09. The molecule has 2 atom stereocenters. The first-order valence-corrected chi connectivity index (χ1v) is 7.49. The van der Waals surface area contributed by atoms with Gasteiger partial charge in [0.05, 0.1) is 0 Å². The monoisotopic (exact) mass is 327 g/mol. The third-order valence-corrected chi connectivity index (χ3v) is 4.96. The highest BCUT2D eigenvalue weighted by atomic mass is 79.9. The van der Waals surface area contributed by atoms with Crippen LogP contribution in [0.3, 0.4) is 0 Å². The van der Waals surface area contributed by atoms with Crippen molar-refractivity contribution < 1.29 is 4.39 Å². The maximum Gasteiger partial charge on any atom is 0.123 e. The molecule has 0 saturated carbocycles. The van der Waals surface area contributed by atoms with E-state index in [4.69, 9.17) is 0 Å². The van der Waals surface area contributed by atoms with Crippen LogP contribution in [0.25, 0.3) is 0 Å². The van der Waals surface area contributed by atoms with Gasteiger partial charge in [-0.2, -0.15) is 0 Å². The van der Waals surface area contributed by atoms with Gasteiger partial charge < -0.3 is 5.32 Å². The molecule has 0 aliphatic carbocycles. The SMILES string of the molecule is CC(NC(C)c1sccc1Br)c1ccc(F)cc1. The molecule has 2 aromatic rings. The topological polar surface area (TPSA) is 12.0 Å². The molecule has 1 nitrogen and oxygen atoms in total. The lowest BCUT2D eigenvalue weighted by Crippen LogP contribution is -2.22. The maximum atomic E-state index is 12.9. The maximum absolute atomic E-state index is 12.9. The second kappa shape index (κ2) is 5.95. The van der Waals surface area contributed by atoms with E-state index in [0.29, 0.717) is 0 Å². The fraction of sp³-hybridized carbons (Fsp3) is 0.286. The van der Waals surface area contributed by atoms with Gasteiger partial charge in [-0.25, -0.2) is 4.39 Å². The molecule has 0 bridgehead atoms. The minimum atomic E-state index is -0.194. The molecule has 0 amide bonds. The Balaban J connectivity index is 2.05. The van der Waals surface area contributed by atoms with Crippen LogP contribution in [-0.2, 0) is 0 Å². The van der Waals surface area contributed by atoms with Crippen molar-refractivity contribution >= 4 is 27.3 Å². The second-order valence-electron chi connectivity index (χ2n) is 4.29. The highest BCUT2D eigenvalue weighted by molar-refractivity contribution is 9.10. The lowest BCUT2D eigenvalue weighted by molar-refractivity contribution is 0.498. The lowest BCUT2D eigenvalue weighted by atomic mass is 10.1. The van der Waals surface area contributed by atoms with Crippen molar-refractivity contribution in [1.29, 1.82) is 0 Å². The molecule has 0 saturated heterocycles. The van der Waals surface area contributed by atoms with E-state index in [0.717, 1.165) is 10.0 Å². The van der Waals surface area contributed by atoms with Crippen LogP contribution in [0, 0.1) is 5.82 Å². The van der Waals surface area contributed by atoms with Crippen molar-refractivity contribution in [2.24, 2.45) is 0 Å². The molecule has 0 spiro atoms. The van der Waals surface area contributed by atoms with Crippen LogP contribution in [0.15, 0.2) is 40.2 Å². The molecule has 4 heteroatoms. The summed E-state index contributed by atoms with van der Waals surface area (Å²) in [6.45, 7) is 4.22. The standard InChI is InChI=1S/C14H15BrFNS/c1-9(11-3-5-12(16)6-4-11)17-10(2)14-13(15)7-8-18-14/h3-10,17H,1-2H3. The molecule has 1 aromatic heterocycles. The minimum Gasteiger partial charge on any atom is -0.303 e. The van der Waals surface area contributed by atoms with Gasteiger partial charge in [-0.3, -0.25) is 0 Å². The summed E-state index contributed by atoms with van der Waals surface area (Å²) in [6, 6.07) is 9.15. The Morgan fingerprint density at radius 2 is 1.78 bits per heavy atom. The molecule has 0 aliphatic rings. The molecule has 1 aromatic carbocycles. The normalized spacial score (nSPS) is 14.4. The average molecular weight is 328 g/mol. The van der Waals surface area contributed by atoms with Crippen molar-refractivity contribution in [3.63, 3.8) is 0 Å². The first-order valence-electron chi connectivity index (χ1n) is 5.82. The zero-order valence-electron chi connectivity index (χ0n) is 10.3. The third-order valence-electron chi connectivity index (χ3n) is 2.91. The second-order valence-corrected chi connectivity index (χ2v) is 6.10. The fourth-order valence-corrected chi connectivity index (χ4v) is 3.65. The predicted octanol–water partition coefficient (Wildman–Crippen LogP) is 5.06. The molecular formula is C14H15BrFNS. The molecule has 2 rings (SSSR count). The van der Waals surface area contributed by atoms with Gasteiger partial charge >= 0.3 is 0 Å². The molecule has 96 valence electrons. The summed E-state index contributed by atoms with van der Waals surface area (Å²) in [4.78, 5) is 1.28. The van der Waals surface area contributed by atoms with Crippen molar-refractivity contribution in [1.82, 2.24) is 5.32 Å². The molecule has 18 heavy (non-hydrogen) atoms. The number of benzene rings is 1. The number of rotatable bonds is 4. The number of hydrogen-bond donors (Lipinski definition) is 1. The van der Waals surface area contributed by atoms with Crippen LogP contribution in [0.4, 0.5) is 4.39 Å². The highest BCUT2D eigenvalue weighted by Gasteiger charge is 2.14. The highest BCUT2D eigenvalue weighted by Crippen LogP contribution is 2.30. The van der Waals surface area contributed by atoms with Gasteiger partial charge in [-0.05, 0) is 58.9 Å².